The molecule has 0 aromatic heterocycles. The molecule has 0 aliphatic heterocycles. The van der Waals surface area contributed by atoms with Gasteiger partial charge in [0.05, 0.1) is 0 Å². The topological polar surface area (TPSA) is 17.1 Å². The quantitative estimate of drug-likeness (QED) is 0.740. The zero-order chi connectivity index (χ0) is 11.3. The fourth-order valence-corrected chi connectivity index (χ4v) is 2.15. The highest BCUT2D eigenvalue weighted by molar-refractivity contribution is 8.08. The number of carbonyl (C=O) groups excluding carboxylic acids is 1. The highest BCUT2D eigenvalue weighted by atomic mass is 35.5. The third-order valence-corrected chi connectivity index (χ3v) is 2.97. The Morgan fingerprint density at radius 2 is 2.00 bits per heavy atom. The third kappa shape index (κ3) is 4.10. The molecule has 0 aliphatic rings. The molecule has 0 amide bonds. The Bertz CT molecular complexity index is 368. The summed E-state index contributed by atoms with van der Waals surface area (Å²) >= 11 is 7.47. The maximum atomic E-state index is 11.1. The Balaban J connectivity index is 2.99. The van der Waals surface area contributed by atoms with E-state index in [1.54, 1.807) is 24.8 Å². The largest absolute Gasteiger partial charge is 0.295 e. The number of carbonyl (C=O) groups is 1. The first-order chi connectivity index (χ1) is 7.13. The summed E-state index contributed by atoms with van der Waals surface area (Å²) in [6, 6.07) is 7.53. The maximum absolute atomic E-state index is 11.1. The van der Waals surface area contributed by atoms with Gasteiger partial charge in [-0.2, -0.15) is 0 Å². The van der Waals surface area contributed by atoms with Crippen molar-refractivity contribution in [3.63, 3.8) is 0 Å². The van der Waals surface area contributed by atoms with E-state index in [9.17, 15) is 4.79 Å². The second kappa shape index (κ2) is 5.99. The van der Waals surface area contributed by atoms with Crippen molar-refractivity contribution in [3.05, 3.63) is 40.9 Å². The van der Waals surface area contributed by atoms with Gasteiger partial charge in [-0.3, -0.25) is 4.79 Å². The summed E-state index contributed by atoms with van der Waals surface area (Å²) in [7, 11) is 0. The van der Waals surface area contributed by atoms with Gasteiger partial charge >= 0.3 is 0 Å². The van der Waals surface area contributed by atoms with Crippen molar-refractivity contribution in [2.45, 2.75) is 13.8 Å². The summed E-state index contributed by atoms with van der Waals surface area (Å²) in [4.78, 5) is 12.1. The van der Waals surface area contributed by atoms with Gasteiger partial charge in [-0.05, 0) is 36.4 Å². The van der Waals surface area contributed by atoms with Gasteiger partial charge in [0.1, 0.15) is 0 Å². The van der Waals surface area contributed by atoms with Crippen molar-refractivity contribution in [3.8, 4) is 0 Å². The van der Waals surface area contributed by atoms with Gasteiger partial charge in [-0.25, -0.2) is 0 Å². The SMILES string of the molecule is CCS/C(=C/C(C)=O)c1ccc(Cl)cc1. The molecule has 0 spiro atoms. The summed E-state index contributed by atoms with van der Waals surface area (Å²) < 4.78 is 0. The molecule has 0 unspecified atom stereocenters. The van der Waals surface area contributed by atoms with Gasteiger partial charge in [0.2, 0.25) is 0 Å². The van der Waals surface area contributed by atoms with E-state index in [4.69, 9.17) is 11.6 Å². The van der Waals surface area contributed by atoms with Crippen LogP contribution in [0, 0.1) is 0 Å². The summed E-state index contributed by atoms with van der Waals surface area (Å²) in [5.41, 5.74) is 1.04. The van der Waals surface area contributed by atoms with Crippen molar-refractivity contribution < 1.29 is 4.79 Å². The Morgan fingerprint density at radius 1 is 1.40 bits per heavy atom. The predicted octanol–water partition coefficient (Wildman–Crippen LogP) is 4.02. The van der Waals surface area contributed by atoms with Crippen molar-refractivity contribution >= 4 is 34.1 Å². The average Bonchev–Trinajstić information content (AvgIpc) is 2.17. The number of benzene rings is 1. The molecule has 0 radical (unpaired) electrons. The second-order valence-corrected chi connectivity index (χ2v) is 4.80. The molecule has 0 N–H and O–H groups in total. The van der Waals surface area contributed by atoms with E-state index in [1.165, 1.54) is 0 Å². The normalized spacial score (nSPS) is 11.5. The van der Waals surface area contributed by atoms with Crippen LogP contribution >= 0.6 is 23.4 Å². The van der Waals surface area contributed by atoms with Gasteiger partial charge in [0.15, 0.2) is 5.78 Å². The van der Waals surface area contributed by atoms with Gasteiger partial charge in [0, 0.05) is 9.93 Å². The van der Waals surface area contributed by atoms with Crippen LogP contribution in [-0.4, -0.2) is 11.5 Å². The average molecular weight is 241 g/mol. The van der Waals surface area contributed by atoms with Crippen LogP contribution in [0.1, 0.15) is 19.4 Å². The number of ketones is 1. The Hall–Kier alpha value is -0.730. The van der Waals surface area contributed by atoms with E-state index in [-0.39, 0.29) is 5.78 Å². The number of halogens is 1. The van der Waals surface area contributed by atoms with Crippen molar-refractivity contribution in [1.29, 1.82) is 0 Å². The molecule has 0 fully saturated rings. The van der Waals surface area contributed by atoms with Crippen LogP contribution in [-0.2, 0) is 4.79 Å². The molecular weight excluding hydrogens is 228 g/mol. The van der Waals surface area contributed by atoms with Gasteiger partial charge in [-0.15, -0.1) is 11.8 Å². The van der Waals surface area contributed by atoms with E-state index in [0.29, 0.717) is 5.02 Å². The Kier molecular flexibility index (Phi) is 4.92. The molecular formula is C12H13ClOS. The Labute approximate surface area is 99.5 Å². The molecule has 0 saturated heterocycles. The monoisotopic (exact) mass is 240 g/mol. The molecule has 1 rings (SSSR count). The predicted molar refractivity (Wildman–Crippen MR) is 68.2 cm³/mol. The number of hydrogen-bond donors (Lipinski definition) is 0. The number of hydrogen-bond acceptors (Lipinski definition) is 2. The number of allylic oxidation sites excluding steroid dienone is 1. The van der Waals surface area contributed by atoms with Gasteiger partial charge < -0.3 is 0 Å². The molecule has 80 valence electrons. The summed E-state index contributed by atoms with van der Waals surface area (Å²) in [5, 5.41) is 0.711. The fraction of sp³-hybridized carbons (Fsp3) is 0.250. The summed E-state index contributed by atoms with van der Waals surface area (Å²) in [6.07, 6.45) is 1.66. The molecule has 0 aliphatic carbocycles. The molecule has 1 aromatic rings. The van der Waals surface area contributed by atoms with E-state index < -0.39 is 0 Å². The smallest absolute Gasteiger partial charge is 0.153 e. The molecule has 1 nitrogen and oxygen atoms in total. The number of rotatable bonds is 4. The minimum absolute atomic E-state index is 0.0703. The second-order valence-electron chi connectivity index (χ2n) is 3.06. The van der Waals surface area contributed by atoms with Crippen molar-refractivity contribution in [1.82, 2.24) is 0 Å². The van der Waals surface area contributed by atoms with Gasteiger partial charge in [-0.1, -0.05) is 30.7 Å². The summed E-state index contributed by atoms with van der Waals surface area (Å²) in [5.74, 6) is 1.02. The molecule has 0 heterocycles. The van der Waals surface area contributed by atoms with Crippen LogP contribution in [0.5, 0.6) is 0 Å². The first kappa shape index (κ1) is 12.3. The Morgan fingerprint density at radius 3 is 2.47 bits per heavy atom. The first-order valence-corrected chi connectivity index (χ1v) is 6.11. The van der Waals surface area contributed by atoms with Crippen LogP contribution in [0.15, 0.2) is 30.3 Å². The lowest BCUT2D eigenvalue weighted by atomic mass is 10.2. The zero-order valence-corrected chi connectivity index (χ0v) is 10.4. The lowest BCUT2D eigenvalue weighted by molar-refractivity contribution is -0.112. The lowest BCUT2D eigenvalue weighted by Gasteiger charge is -2.05. The standard InChI is InChI=1S/C12H13ClOS/c1-3-15-12(8-9(2)14)10-4-6-11(13)7-5-10/h4-8H,3H2,1-2H3/b12-8+. The summed E-state index contributed by atoms with van der Waals surface area (Å²) in [6.45, 7) is 3.63. The highest BCUT2D eigenvalue weighted by Gasteiger charge is 2.02. The fourth-order valence-electron chi connectivity index (χ4n) is 1.16. The lowest BCUT2D eigenvalue weighted by Crippen LogP contribution is -1.87. The van der Waals surface area contributed by atoms with Crippen molar-refractivity contribution in [2.75, 3.05) is 5.75 Å². The molecule has 0 atom stereocenters. The number of thioether (sulfide) groups is 1. The minimum atomic E-state index is 0.0703. The zero-order valence-electron chi connectivity index (χ0n) is 8.79. The maximum Gasteiger partial charge on any atom is 0.153 e. The van der Waals surface area contributed by atoms with E-state index in [1.807, 2.05) is 24.3 Å². The van der Waals surface area contributed by atoms with E-state index in [0.717, 1.165) is 16.2 Å². The molecule has 3 heteroatoms. The van der Waals surface area contributed by atoms with Crippen molar-refractivity contribution in [2.24, 2.45) is 0 Å². The third-order valence-electron chi connectivity index (χ3n) is 1.76. The van der Waals surface area contributed by atoms with E-state index >= 15 is 0 Å². The van der Waals surface area contributed by atoms with Gasteiger partial charge in [0.25, 0.3) is 0 Å². The van der Waals surface area contributed by atoms with Crippen LogP contribution in [0.4, 0.5) is 0 Å². The van der Waals surface area contributed by atoms with E-state index in [2.05, 4.69) is 6.92 Å². The van der Waals surface area contributed by atoms with Crippen LogP contribution < -0.4 is 0 Å². The van der Waals surface area contributed by atoms with Crippen LogP contribution in [0.2, 0.25) is 5.02 Å². The highest BCUT2D eigenvalue weighted by Crippen LogP contribution is 2.28. The van der Waals surface area contributed by atoms with Crippen LogP contribution in [0.25, 0.3) is 4.91 Å². The minimum Gasteiger partial charge on any atom is -0.295 e. The molecule has 0 saturated carbocycles. The molecule has 15 heavy (non-hydrogen) atoms. The molecule has 1 aromatic carbocycles. The molecule has 0 bridgehead atoms. The van der Waals surface area contributed by atoms with Crippen LogP contribution in [0.3, 0.4) is 0 Å². The first-order valence-electron chi connectivity index (χ1n) is 4.74.